The molecule has 0 bridgehead atoms. The summed E-state index contributed by atoms with van der Waals surface area (Å²) in [6.07, 6.45) is 0. The summed E-state index contributed by atoms with van der Waals surface area (Å²) in [5, 5.41) is 29.1. The average molecular weight is 537 g/mol. The number of nitrogens with two attached hydrogens (primary N) is 1. The Labute approximate surface area is 211 Å². The lowest BCUT2D eigenvalue weighted by molar-refractivity contribution is -0.384. The molecule has 2 unspecified atom stereocenters. The highest BCUT2D eigenvalue weighted by Gasteiger charge is 2.57. The highest BCUT2D eigenvalue weighted by molar-refractivity contribution is 8.00. The van der Waals surface area contributed by atoms with Crippen LogP contribution in [0.15, 0.2) is 34.8 Å². The van der Waals surface area contributed by atoms with Crippen LogP contribution in [0.1, 0.15) is 11.3 Å². The molecule has 0 saturated carbocycles. The van der Waals surface area contributed by atoms with Crippen molar-refractivity contribution < 1.29 is 34.0 Å². The third-order valence-electron chi connectivity index (χ3n) is 5.41. The van der Waals surface area contributed by atoms with E-state index in [1.165, 1.54) is 41.7 Å². The van der Waals surface area contributed by atoms with Crippen LogP contribution >= 0.6 is 23.1 Å². The third-order valence-corrected chi connectivity index (χ3v) is 7.60. The normalized spacial score (nSPS) is 23.3. The molecule has 1 aromatic carbocycles. The van der Waals surface area contributed by atoms with Crippen LogP contribution < -0.4 is 11.1 Å². The van der Waals surface area contributed by atoms with Crippen LogP contribution in [-0.2, 0) is 30.6 Å². The molecule has 3 atom stereocenters. The number of rotatable bonds is 8. The fourth-order valence-corrected chi connectivity index (χ4v) is 5.52. The number of nitrogens with zero attached hydrogens (tertiary/aromatic N) is 4. The number of carbonyl (C=O) groups is 3. The van der Waals surface area contributed by atoms with Crippen LogP contribution in [-0.4, -0.2) is 79.8 Å². The Bertz CT molecular complexity index is 1240. The molecule has 0 radical (unpaired) electrons. The second kappa shape index (κ2) is 10.1. The van der Waals surface area contributed by atoms with Gasteiger partial charge in [-0.2, -0.15) is 0 Å². The molecular formula is C20H20N6O8S2. The summed E-state index contributed by atoms with van der Waals surface area (Å²) < 4.78 is 5.19. The Morgan fingerprint density at radius 3 is 2.75 bits per heavy atom. The molecule has 2 saturated heterocycles. The fourth-order valence-electron chi connectivity index (χ4n) is 3.58. The number of fused-ring (bicyclic) bond motifs is 1. The van der Waals surface area contributed by atoms with E-state index in [0.717, 1.165) is 23.1 Å². The molecule has 2 aliphatic heterocycles. The van der Waals surface area contributed by atoms with Gasteiger partial charge in [0.1, 0.15) is 30.8 Å². The van der Waals surface area contributed by atoms with Crippen molar-refractivity contribution in [3.8, 4) is 0 Å². The SMILES string of the molecule is CON=C(C(=O)NC1C(=O)N2CC(O)(C(=O)OCc3ccc([N+](=O)[O-])cc3)CS[C@H]12)c1csc(N)n1. The Morgan fingerprint density at radius 1 is 1.42 bits per heavy atom. The number of nitrogen functional groups attached to an aromatic ring is 1. The summed E-state index contributed by atoms with van der Waals surface area (Å²) >= 11 is 2.23. The van der Waals surface area contributed by atoms with Crippen molar-refractivity contribution in [3.63, 3.8) is 0 Å². The molecule has 2 aromatic rings. The number of nitro benzene ring substituents is 1. The van der Waals surface area contributed by atoms with Crippen LogP contribution in [0.4, 0.5) is 10.8 Å². The van der Waals surface area contributed by atoms with Gasteiger partial charge in [0.2, 0.25) is 5.91 Å². The van der Waals surface area contributed by atoms with Gasteiger partial charge in [0, 0.05) is 23.3 Å². The van der Waals surface area contributed by atoms with Gasteiger partial charge in [0.25, 0.3) is 11.6 Å². The number of hydrogen-bond acceptors (Lipinski definition) is 13. The molecule has 1 aromatic heterocycles. The highest BCUT2D eigenvalue weighted by Crippen LogP contribution is 2.39. The summed E-state index contributed by atoms with van der Waals surface area (Å²) in [6.45, 7) is -0.515. The number of thiazole rings is 1. The largest absolute Gasteiger partial charge is 0.459 e. The van der Waals surface area contributed by atoms with Crippen molar-refractivity contribution in [2.24, 2.45) is 5.16 Å². The second-order valence-electron chi connectivity index (χ2n) is 7.84. The second-order valence-corrected chi connectivity index (χ2v) is 9.84. The Balaban J connectivity index is 1.34. The van der Waals surface area contributed by atoms with Gasteiger partial charge in [-0.1, -0.05) is 5.16 Å². The number of ether oxygens (including phenoxy) is 1. The van der Waals surface area contributed by atoms with Gasteiger partial charge < -0.3 is 30.6 Å². The minimum Gasteiger partial charge on any atom is -0.459 e. The van der Waals surface area contributed by atoms with Gasteiger partial charge in [0.05, 0.1) is 11.5 Å². The van der Waals surface area contributed by atoms with Gasteiger partial charge in [-0.25, -0.2) is 9.78 Å². The average Bonchev–Trinajstić information content (AvgIpc) is 3.30. The topological polar surface area (TPSA) is 200 Å². The Kier molecular flexibility index (Phi) is 7.09. The lowest BCUT2D eigenvalue weighted by Gasteiger charge is -2.52. The summed E-state index contributed by atoms with van der Waals surface area (Å²) in [4.78, 5) is 58.2. The van der Waals surface area contributed by atoms with E-state index in [1.54, 1.807) is 0 Å². The molecule has 2 aliphatic rings. The van der Waals surface area contributed by atoms with E-state index in [0.29, 0.717) is 5.56 Å². The van der Waals surface area contributed by atoms with Gasteiger partial charge in [-0.15, -0.1) is 23.1 Å². The van der Waals surface area contributed by atoms with Crippen LogP contribution in [0.5, 0.6) is 0 Å². The molecule has 36 heavy (non-hydrogen) atoms. The molecule has 2 fully saturated rings. The molecule has 2 amide bonds. The molecule has 3 heterocycles. The summed E-state index contributed by atoms with van der Waals surface area (Å²) in [5.41, 5.74) is 4.10. The number of aliphatic hydroxyl groups is 1. The molecule has 14 nitrogen and oxygen atoms in total. The van der Waals surface area contributed by atoms with E-state index in [2.05, 4.69) is 15.5 Å². The number of non-ortho nitro benzene ring substituents is 1. The number of benzene rings is 1. The summed E-state index contributed by atoms with van der Waals surface area (Å²) in [7, 11) is 1.26. The molecule has 4 rings (SSSR count). The third kappa shape index (κ3) is 4.95. The number of nitrogens with one attached hydrogen (secondary N) is 1. The fraction of sp³-hybridized carbons (Fsp3) is 0.350. The predicted octanol–water partition coefficient (Wildman–Crippen LogP) is -0.142. The number of oxime groups is 1. The molecule has 0 spiro atoms. The number of thioether (sulfide) groups is 1. The molecule has 190 valence electrons. The Morgan fingerprint density at radius 2 is 2.14 bits per heavy atom. The molecule has 16 heteroatoms. The number of hydrogen-bond donors (Lipinski definition) is 3. The van der Waals surface area contributed by atoms with Crippen molar-refractivity contribution in [1.29, 1.82) is 0 Å². The number of esters is 1. The zero-order valence-electron chi connectivity index (χ0n) is 18.7. The van der Waals surface area contributed by atoms with Crippen LogP contribution in [0.25, 0.3) is 0 Å². The van der Waals surface area contributed by atoms with Crippen LogP contribution in [0, 0.1) is 10.1 Å². The Hall–Kier alpha value is -3.76. The van der Waals surface area contributed by atoms with E-state index in [9.17, 15) is 29.6 Å². The highest BCUT2D eigenvalue weighted by atomic mass is 32.2. The minimum absolute atomic E-state index is 0.0749. The van der Waals surface area contributed by atoms with Gasteiger partial charge in [-0.3, -0.25) is 19.7 Å². The number of β-lactam (4-membered cyclic amide) rings is 1. The molecule has 4 N–H and O–H groups in total. The van der Waals surface area contributed by atoms with Crippen molar-refractivity contribution in [1.82, 2.24) is 15.2 Å². The first kappa shape index (κ1) is 25.3. The number of nitro groups is 1. The first-order chi connectivity index (χ1) is 17.1. The standard InChI is InChI=1S/C20H20N6O8S2/c1-33-24-13(12-7-35-19(21)22-12)15(27)23-14-16(28)25-8-20(30,9-36-17(14)25)18(29)34-6-10-2-4-11(5-3-10)26(31)32/h2-5,7,14,17,30H,6,8-9H2,1H3,(H2,21,22)(H,23,27)/t14?,17-,20?/m1/s1. The number of anilines is 1. The number of amides is 2. The van der Waals surface area contributed by atoms with Crippen molar-refractivity contribution >= 4 is 57.4 Å². The summed E-state index contributed by atoms with van der Waals surface area (Å²) in [5.74, 6) is -2.18. The van der Waals surface area contributed by atoms with E-state index >= 15 is 0 Å². The lowest BCUT2D eigenvalue weighted by Crippen LogP contribution is -2.75. The quantitative estimate of drug-likeness (QED) is 0.133. The first-order valence-electron chi connectivity index (χ1n) is 10.3. The van der Waals surface area contributed by atoms with E-state index < -0.39 is 39.7 Å². The van der Waals surface area contributed by atoms with Gasteiger partial charge in [0.15, 0.2) is 16.4 Å². The van der Waals surface area contributed by atoms with E-state index in [1.807, 2.05) is 0 Å². The van der Waals surface area contributed by atoms with Crippen LogP contribution in [0.2, 0.25) is 0 Å². The van der Waals surface area contributed by atoms with Gasteiger partial charge >= 0.3 is 5.97 Å². The zero-order valence-corrected chi connectivity index (χ0v) is 20.3. The maximum atomic E-state index is 12.7. The van der Waals surface area contributed by atoms with Crippen LogP contribution in [0.3, 0.4) is 0 Å². The number of carbonyl (C=O) groups excluding carboxylic acids is 3. The van der Waals surface area contributed by atoms with E-state index in [4.69, 9.17) is 15.3 Å². The summed E-state index contributed by atoms with van der Waals surface area (Å²) in [6, 6.07) is 4.53. The molecular weight excluding hydrogens is 516 g/mol. The van der Waals surface area contributed by atoms with E-state index in [-0.39, 0.29) is 41.1 Å². The van der Waals surface area contributed by atoms with Gasteiger partial charge in [-0.05, 0) is 17.7 Å². The first-order valence-corrected chi connectivity index (χ1v) is 12.2. The monoisotopic (exact) mass is 536 g/mol. The number of aromatic nitrogens is 1. The minimum atomic E-state index is -1.95. The van der Waals surface area contributed by atoms with Crippen molar-refractivity contribution in [2.75, 3.05) is 25.1 Å². The maximum Gasteiger partial charge on any atom is 0.341 e. The zero-order chi connectivity index (χ0) is 26.0. The predicted molar refractivity (Wildman–Crippen MR) is 128 cm³/mol. The van der Waals surface area contributed by atoms with Crippen molar-refractivity contribution in [3.05, 3.63) is 51.0 Å². The van der Waals surface area contributed by atoms with Crippen molar-refractivity contribution in [2.45, 2.75) is 23.6 Å². The lowest BCUT2D eigenvalue weighted by atomic mass is 9.99. The molecule has 0 aliphatic carbocycles. The maximum absolute atomic E-state index is 12.7. The smallest absolute Gasteiger partial charge is 0.341 e.